The molecule has 0 aromatic rings. The van der Waals surface area contributed by atoms with Gasteiger partial charge in [0, 0.05) is 0 Å². The van der Waals surface area contributed by atoms with Crippen LogP contribution in [0.2, 0.25) is 0 Å². The van der Waals surface area contributed by atoms with Crippen molar-refractivity contribution < 1.29 is 55.3 Å². The lowest BCUT2D eigenvalue weighted by Gasteiger charge is -2.50. The maximum absolute atomic E-state index is 11.8. The summed E-state index contributed by atoms with van der Waals surface area (Å²) in [7, 11) is -10.9. The van der Waals surface area contributed by atoms with Gasteiger partial charge in [0.05, 0.1) is 0 Å². The molecule has 0 N–H and O–H groups in total. The van der Waals surface area contributed by atoms with Gasteiger partial charge >= 0.3 is 12.7 Å². The SMILES string of the molecule is FC(F)(F)OOS(F)(F)(F)(F)OC(F)(F)F. The Labute approximate surface area is 79.6 Å². The van der Waals surface area contributed by atoms with Gasteiger partial charge in [0.15, 0.2) is 10.4 Å². The molecule has 102 valence electrons. The predicted octanol–water partition coefficient (Wildman–Crippen LogP) is 4.23. The minimum atomic E-state index is -10.9. The van der Waals surface area contributed by atoms with Crippen molar-refractivity contribution in [2.24, 2.45) is 0 Å². The van der Waals surface area contributed by atoms with Crippen LogP contribution in [0.1, 0.15) is 0 Å². The average molecular weight is 294 g/mol. The zero-order valence-corrected chi connectivity index (χ0v) is 7.23. The van der Waals surface area contributed by atoms with Crippen molar-refractivity contribution in [3.05, 3.63) is 0 Å². The third-order valence-electron chi connectivity index (χ3n) is 0.514. The van der Waals surface area contributed by atoms with Gasteiger partial charge in [-0.3, -0.25) is 0 Å². The van der Waals surface area contributed by atoms with Gasteiger partial charge in [-0.15, -0.1) is 35.4 Å². The fourth-order valence-corrected chi connectivity index (χ4v) is 0.898. The Bertz CT molecular complexity index is 268. The topological polar surface area (TPSA) is 27.7 Å². The third kappa shape index (κ3) is 7.77. The second kappa shape index (κ2) is 3.05. The number of alkyl halides is 6. The summed E-state index contributed by atoms with van der Waals surface area (Å²) < 4.78 is 116. The summed E-state index contributed by atoms with van der Waals surface area (Å²) >= 11 is 0. The van der Waals surface area contributed by atoms with Gasteiger partial charge in [0.25, 0.3) is 0 Å². The van der Waals surface area contributed by atoms with E-state index in [1.54, 1.807) is 0 Å². The molecule has 3 nitrogen and oxygen atoms in total. The van der Waals surface area contributed by atoms with E-state index >= 15 is 0 Å². The first-order valence-corrected chi connectivity index (χ1v) is 4.56. The van der Waals surface area contributed by atoms with E-state index in [2.05, 4.69) is 0 Å². The molecule has 0 aliphatic rings. The number of hydrogen-bond donors (Lipinski definition) is 0. The molecule has 0 unspecified atom stereocenters. The molecule has 0 aliphatic heterocycles. The zero-order chi connectivity index (χ0) is 13.5. The Hall–Kier alpha value is -0.470. The van der Waals surface area contributed by atoms with Crippen molar-refractivity contribution >= 4 is 10.4 Å². The zero-order valence-electron chi connectivity index (χ0n) is 6.41. The van der Waals surface area contributed by atoms with E-state index in [9.17, 15) is 41.9 Å². The van der Waals surface area contributed by atoms with Crippen LogP contribution >= 0.6 is 10.4 Å². The normalized spacial score (nSPS) is 19.1. The lowest BCUT2D eigenvalue weighted by Crippen LogP contribution is -2.31. The van der Waals surface area contributed by atoms with Gasteiger partial charge in [-0.05, 0) is 19.9 Å². The van der Waals surface area contributed by atoms with Crippen LogP contribution < -0.4 is 0 Å². The fraction of sp³-hybridized carbons (Fsp3) is 1.00. The second-order valence-corrected chi connectivity index (χ2v) is 4.19. The molecule has 0 aliphatic carbocycles. The monoisotopic (exact) mass is 294 g/mol. The van der Waals surface area contributed by atoms with Gasteiger partial charge in [-0.2, -0.15) is 0 Å². The van der Waals surface area contributed by atoms with Crippen molar-refractivity contribution in [2.45, 2.75) is 12.7 Å². The molecule has 0 fully saturated rings. The molecule has 0 atom stereocenters. The standard InChI is InChI=1S/C2F10O3S/c3-1(4,5)13-15-16(9,10,11,12)14-2(6,7)8. The number of hydrogen-bond acceptors (Lipinski definition) is 3. The highest BCUT2D eigenvalue weighted by atomic mass is 32.5. The minimum absolute atomic E-state index is 1.000. The molecule has 0 aromatic heterocycles. The molecule has 0 bridgehead atoms. The van der Waals surface area contributed by atoms with Crippen LogP contribution in [-0.4, -0.2) is 12.7 Å². The highest BCUT2D eigenvalue weighted by Crippen LogP contribution is 2.98. The van der Waals surface area contributed by atoms with E-state index in [1.807, 2.05) is 0 Å². The van der Waals surface area contributed by atoms with Crippen LogP contribution in [0, 0.1) is 0 Å². The van der Waals surface area contributed by atoms with Crippen molar-refractivity contribution in [1.29, 1.82) is 0 Å². The van der Waals surface area contributed by atoms with Crippen LogP contribution in [0.25, 0.3) is 0 Å². The molecule has 0 spiro atoms. The molecule has 14 heteroatoms. The van der Waals surface area contributed by atoms with Crippen molar-refractivity contribution in [2.75, 3.05) is 0 Å². The fourth-order valence-electron chi connectivity index (χ4n) is 0.299. The largest absolute Gasteiger partial charge is 0.551 e. The van der Waals surface area contributed by atoms with Crippen LogP contribution in [0.4, 0.5) is 41.9 Å². The quantitative estimate of drug-likeness (QED) is 0.443. The average Bonchev–Trinajstić information content (AvgIpc) is 1.73. The van der Waals surface area contributed by atoms with Crippen molar-refractivity contribution in [3.8, 4) is 0 Å². The van der Waals surface area contributed by atoms with Crippen LogP contribution in [-0.2, 0) is 13.4 Å². The van der Waals surface area contributed by atoms with E-state index in [1.165, 1.54) is 9.22 Å². The first-order chi connectivity index (χ1) is 6.42. The molecule has 0 amide bonds. The number of rotatable bonds is 3. The Morgan fingerprint density at radius 3 is 1.31 bits per heavy atom. The van der Waals surface area contributed by atoms with Gasteiger partial charge < -0.3 is 0 Å². The van der Waals surface area contributed by atoms with Crippen molar-refractivity contribution in [1.82, 2.24) is 0 Å². The molecule has 16 heavy (non-hydrogen) atoms. The highest BCUT2D eigenvalue weighted by Gasteiger charge is 2.68. The van der Waals surface area contributed by atoms with E-state index in [4.69, 9.17) is 0 Å². The summed E-state index contributed by atoms with van der Waals surface area (Å²) in [4.78, 5) is 1.47. The van der Waals surface area contributed by atoms with Crippen molar-refractivity contribution in [3.63, 3.8) is 0 Å². The van der Waals surface area contributed by atoms with Crippen LogP contribution in [0.5, 0.6) is 0 Å². The molecular formula is C2F10O3S. The van der Waals surface area contributed by atoms with E-state index in [0.717, 1.165) is 4.18 Å². The maximum Gasteiger partial charge on any atom is 0.551 e. The molecule has 0 heterocycles. The van der Waals surface area contributed by atoms with E-state index in [-0.39, 0.29) is 0 Å². The summed E-state index contributed by atoms with van der Waals surface area (Å²) in [6.07, 6.45) is -12.8. The molecule has 0 rings (SSSR count). The van der Waals surface area contributed by atoms with Gasteiger partial charge in [0.2, 0.25) is 0 Å². The molecule has 0 saturated heterocycles. The lowest BCUT2D eigenvalue weighted by molar-refractivity contribution is -0.460. The lowest BCUT2D eigenvalue weighted by atomic mass is 11.4. The third-order valence-corrected chi connectivity index (χ3v) is 1.35. The Kier molecular flexibility index (Phi) is 2.96. The molecular weight excluding hydrogens is 294 g/mol. The Morgan fingerprint density at radius 1 is 0.688 bits per heavy atom. The molecule has 0 saturated carbocycles. The first kappa shape index (κ1) is 15.5. The maximum atomic E-state index is 11.8. The van der Waals surface area contributed by atoms with Crippen LogP contribution in [0.3, 0.4) is 0 Å². The summed E-state index contributed by atoms with van der Waals surface area (Å²) in [5.41, 5.74) is 0. The summed E-state index contributed by atoms with van der Waals surface area (Å²) in [5.74, 6) is 0. The Morgan fingerprint density at radius 2 is 1.06 bits per heavy atom. The molecule has 0 aromatic carbocycles. The van der Waals surface area contributed by atoms with E-state index in [0.29, 0.717) is 0 Å². The summed E-state index contributed by atoms with van der Waals surface area (Å²) in [5, 5.41) is 0. The Balaban J connectivity index is 4.93. The molecule has 0 radical (unpaired) electrons. The summed E-state index contributed by atoms with van der Waals surface area (Å²) in [6, 6.07) is 0. The highest BCUT2D eigenvalue weighted by molar-refractivity contribution is 8.42. The second-order valence-electron chi connectivity index (χ2n) is 2.05. The van der Waals surface area contributed by atoms with E-state index < -0.39 is 23.1 Å². The number of halogens is 10. The van der Waals surface area contributed by atoms with Gasteiger partial charge in [-0.1, -0.05) is 0 Å². The van der Waals surface area contributed by atoms with Gasteiger partial charge in [-0.25, -0.2) is 0 Å². The summed E-state index contributed by atoms with van der Waals surface area (Å²) in [6.45, 7) is 0. The predicted molar refractivity (Wildman–Crippen MR) is 27.4 cm³/mol. The van der Waals surface area contributed by atoms with Crippen LogP contribution in [0.15, 0.2) is 0 Å². The smallest absolute Gasteiger partial charge is 0.142 e. The van der Waals surface area contributed by atoms with Gasteiger partial charge in [0.1, 0.15) is 0 Å². The minimum Gasteiger partial charge on any atom is -0.142 e. The first-order valence-electron chi connectivity index (χ1n) is 2.66.